The zero-order valence-electron chi connectivity index (χ0n) is 10.5. The second-order valence-electron chi connectivity index (χ2n) is 4.82. The smallest absolute Gasteiger partial charge is 0.0429 e. The lowest BCUT2D eigenvalue weighted by molar-refractivity contribution is 0.836. The summed E-state index contributed by atoms with van der Waals surface area (Å²) >= 11 is 0. The Labute approximate surface area is 108 Å². The van der Waals surface area contributed by atoms with E-state index < -0.39 is 0 Å². The fraction of sp³-hybridized carbons (Fsp3) is 0.250. The van der Waals surface area contributed by atoms with Gasteiger partial charge in [0.1, 0.15) is 0 Å². The summed E-state index contributed by atoms with van der Waals surface area (Å²) in [5.74, 6) is 0. The molecule has 0 amide bonds. The molecule has 0 aliphatic carbocycles. The summed E-state index contributed by atoms with van der Waals surface area (Å²) in [4.78, 5) is 2.45. The second-order valence-corrected chi connectivity index (χ2v) is 4.82. The minimum atomic E-state index is 0.631. The molecule has 1 aliphatic rings. The van der Waals surface area contributed by atoms with Crippen LogP contribution in [0.15, 0.2) is 48.5 Å². The van der Waals surface area contributed by atoms with E-state index in [1.165, 1.54) is 22.4 Å². The van der Waals surface area contributed by atoms with E-state index in [9.17, 15) is 0 Å². The number of hydrogen-bond donors (Lipinski definition) is 1. The number of anilines is 1. The molecule has 2 N–H and O–H groups in total. The highest BCUT2D eigenvalue weighted by Crippen LogP contribution is 2.30. The summed E-state index contributed by atoms with van der Waals surface area (Å²) in [6.07, 6.45) is 1.13. The Hall–Kier alpha value is -1.80. The molecule has 2 heteroatoms. The molecule has 0 aromatic heterocycles. The highest BCUT2D eigenvalue weighted by Gasteiger charge is 2.18. The summed E-state index contributed by atoms with van der Waals surface area (Å²) in [6.45, 7) is 2.74. The molecule has 0 saturated carbocycles. The maximum atomic E-state index is 5.69. The summed E-state index contributed by atoms with van der Waals surface area (Å²) in [6, 6.07) is 17.2. The van der Waals surface area contributed by atoms with Crippen molar-refractivity contribution in [1.29, 1.82) is 0 Å². The Kier molecular flexibility index (Phi) is 3.03. The first kappa shape index (κ1) is 11.3. The van der Waals surface area contributed by atoms with Crippen LogP contribution in [0, 0.1) is 0 Å². The molecule has 2 aromatic rings. The van der Waals surface area contributed by atoms with Gasteiger partial charge in [-0.2, -0.15) is 0 Å². The molecule has 0 fully saturated rings. The predicted molar refractivity (Wildman–Crippen MR) is 75.5 cm³/mol. The highest BCUT2D eigenvalue weighted by molar-refractivity contribution is 5.59. The first-order valence-electron chi connectivity index (χ1n) is 6.47. The lowest BCUT2D eigenvalue weighted by Crippen LogP contribution is -2.19. The van der Waals surface area contributed by atoms with Crippen molar-refractivity contribution in [1.82, 2.24) is 0 Å². The molecule has 0 spiro atoms. The van der Waals surface area contributed by atoms with Crippen LogP contribution in [0.1, 0.15) is 16.7 Å². The van der Waals surface area contributed by atoms with Gasteiger partial charge in [-0.25, -0.2) is 0 Å². The van der Waals surface area contributed by atoms with E-state index in [2.05, 4.69) is 53.4 Å². The van der Waals surface area contributed by atoms with Crippen LogP contribution >= 0.6 is 0 Å². The van der Waals surface area contributed by atoms with Gasteiger partial charge in [-0.1, -0.05) is 42.5 Å². The number of rotatable bonds is 3. The van der Waals surface area contributed by atoms with Gasteiger partial charge in [0.25, 0.3) is 0 Å². The molecule has 0 unspecified atom stereocenters. The quantitative estimate of drug-likeness (QED) is 0.891. The van der Waals surface area contributed by atoms with Crippen LogP contribution < -0.4 is 10.6 Å². The lowest BCUT2D eigenvalue weighted by Gasteiger charge is -2.19. The van der Waals surface area contributed by atoms with E-state index in [-0.39, 0.29) is 0 Å². The first-order chi connectivity index (χ1) is 8.86. The van der Waals surface area contributed by atoms with Gasteiger partial charge in [0.05, 0.1) is 0 Å². The Bertz CT molecular complexity index is 534. The van der Waals surface area contributed by atoms with Crippen molar-refractivity contribution in [2.75, 3.05) is 11.4 Å². The largest absolute Gasteiger partial charge is 0.367 e. The van der Waals surface area contributed by atoms with Crippen molar-refractivity contribution < 1.29 is 0 Å². The molecular formula is C16H18N2. The van der Waals surface area contributed by atoms with E-state index >= 15 is 0 Å². The number of benzene rings is 2. The Morgan fingerprint density at radius 3 is 2.61 bits per heavy atom. The summed E-state index contributed by atoms with van der Waals surface area (Å²) in [7, 11) is 0. The summed E-state index contributed by atoms with van der Waals surface area (Å²) in [5, 5.41) is 0. The van der Waals surface area contributed by atoms with Crippen molar-refractivity contribution in [3.63, 3.8) is 0 Å². The average Bonchev–Trinajstić information content (AvgIpc) is 2.82. The van der Waals surface area contributed by atoms with Gasteiger partial charge < -0.3 is 10.6 Å². The summed E-state index contributed by atoms with van der Waals surface area (Å²) < 4.78 is 0. The molecule has 2 aromatic carbocycles. The van der Waals surface area contributed by atoms with Crippen LogP contribution in [0.4, 0.5) is 5.69 Å². The van der Waals surface area contributed by atoms with Crippen LogP contribution in [-0.2, 0) is 19.5 Å². The van der Waals surface area contributed by atoms with Crippen molar-refractivity contribution >= 4 is 5.69 Å². The molecule has 0 radical (unpaired) electrons. The standard InChI is InChI=1S/C16H18N2/c17-11-14-6-7-16-15(10-14)8-9-18(16)12-13-4-2-1-3-5-13/h1-7,10H,8-9,11-12,17H2. The Balaban J connectivity index is 1.82. The van der Waals surface area contributed by atoms with Crippen molar-refractivity contribution in [3.8, 4) is 0 Å². The zero-order chi connectivity index (χ0) is 12.4. The topological polar surface area (TPSA) is 29.3 Å². The molecule has 0 atom stereocenters. The van der Waals surface area contributed by atoms with Gasteiger partial charge in [-0.05, 0) is 29.2 Å². The number of hydrogen-bond acceptors (Lipinski definition) is 2. The lowest BCUT2D eigenvalue weighted by atomic mass is 10.1. The minimum absolute atomic E-state index is 0.631. The third-order valence-corrected chi connectivity index (χ3v) is 3.59. The third-order valence-electron chi connectivity index (χ3n) is 3.59. The summed E-state index contributed by atoms with van der Waals surface area (Å²) in [5.41, 5.74) is 11.1. The number of nitrogens with zero attached hydrogens (tertiary/aromatic N) is 1. The molecular weight excluding hydrogens is 220 g/mol. The number of fused-ring (bicyclic) bond motifs is 1. The molecule has 3 rings (SSSR count). The Morgan fingerprint density at radius 2 is 1.83 bits per heavy atom. The van der Waals surface area contributed by atoms with Gasteiger partial charge in [0.2, 0.25) is 0 Å². The second kappa shape index (κ2) is 4.83. The molecule has 92 valence electrons. The van der Waals surface area contributed by atoms with Crippen LogP contribution in [0.2, 0.25) is 0 Å². The molecule has 0 bridgehead atoms. The maximum absolute atomic E-state index is 5.69. The van der Waals surface area contributed by atoms with Gasteiger partial charge >= 0.3 is 0 Å². The first-order valence-corrected chi connectivity index (χ1v) is 6.47. The van der Waals surface area contributed by atoms with Gasteiger partial charge in [0.15, 0.2) is 0 Å². The minimum Gasteiger partial charge on any atom is -0.367 e. The van der Waals surface area contributed by atoms with E-state index in [1.54, 1.807) is 0 Å². The van der Waals surface area contributed by atoms with Gasteiger partial charge in [-0.15, -0.1) is 0 Å². The van der Waals surface area contributed by atoms with Crippen molar-refractivity contribution in [3.05, 3.63) is 65.2 Å². The van der Waals surface area contributed by atoms with E-state index in [1.807, 2.05) is 0 Å². The van der Waals surface area contributed by atoms with Crippen molar-refractivity contribution in [2.45, 2.75) is 19.5 Å². The SMILES string of the molecule is NCc1ccc2c(c1)CCN2Cc1ccccc1. The fourth-order valence-electron chi connectivity index (χ4n) is 2.62. The molecule has 1 aliphatic heterocycles. The monoisotopic (exact) mass is 238 g/mol. The average molecular weight is 238 g/mol. The molecule has 18 heavy (non-hydrogen) atoms. The van der Waals surface area contributed by atoms with E-state index in [4.69, 9.17) is 5.73 Å². The van der Waals surface area contributed by atoms with Crippen LogP contribution in [0.5, 0.6) is 0 Å². The van der Waals surface area contributed by atoms with E-state index in [0.717, 1.165) is 19.5 Å². The predicted octanol–water partition coefficient (Wildman–Crippen LogP) is 2.71. The van der Waals surface area contributed by atoms with Crippen LogP contribution in [0.3, 0.4) is 0 Å². The molecule has 2 nitrogen and oxygen atoms in total. The maximum Gasteiger partial charge on any atom is 0.0429 e. The van der Waals surface area contributed by atoms with Crippen LogP contribution in [-0.4, -0.2) is 6.54 Å². The highest BCUT2D eigenvalue weighted by atomic mass is 15.1. The third kappa shape index (κ3) is 2.12. The van der Waals surface area contributed by atoms with E-state index in [0.29, 0.717) is 6.54 Å². The molecule has 1 heterocycles. The number of nitrogens with two attached hydrogens (primary N) is 1. The van der Waals surface area contributed by atoms with Crippen molar-refractivity contribution in [2.24, 2.45) is 5.73 Å². The normalized spacial score (nSPS) is 13.7. The van der Waals surface area contributed by atoms with Gasteiger partial charge in [0, 0.05) is 25.3 Å². The van der Waals surface area contributed by atoms with Crippen LogP contribution in [0.25, 0.3) is 0 Å². The zero-order valence-corrected chi connectivity index (χ0v) is 10.5. The van der Waals surface area contributed by atoms with Gasteiger partial charge in [-0.3, -0.25) is 0 Å². The fourth-order valence-corrected chi connectivity index (χ4v) is 2.62. The Morgan fingerprint density at radius 1 is 1.00 bits per heavy atom. The molecule has 0 saturated heterocycles.